The fraction of sp³-hybridized carbons (Fsp3) is 0.263. The zero-order valence-electron chi connectivity index (χ0n) is 14.1. The number of aromatic amines is 1. The van der Waals surface area contributed by atoms with Gasteiger partial charge in [0.15, 0.2) is 0 Å². The maximum atomic E-state index is 11.5. The molecule has 0 radical (unpaired) electrons. The minimum Gasteiger partial charge on any atom is -0.494 e. The number of anilines is 1. The van der Waals surface area contributed by atoms with Crippen LogP contribution in [0, 0.1) is 0 Å². The molecule has 3 rings (SSSR count). The van der Waals surface area contributed by atoms with Gasteiger partial charge in [-0.05, 0) is 42.3 Å². The molecule has 1 aromatic carbocycles. The van der Waals surface area contributed by atoms with Crippen molar-refractivity contribution >= 4 is 22.7 Å². The number of hydrogen-bond donors (Lipinski definition) is 2. The number of fused-ring (bicyclic) bond motifs is 1. The van der Waals surface area contributed by atoms with E-state index in [9.17, 15) is 4.79 Å². The second-order valence-electron chi connectivity index (χ2n) is 5.62. The third kappa shape index (κ3) is 4.50. The number of carbonyl (C=O) groups is 1. The van der Waals surface area contributed by atoms with Gasteiger partial charge in [0.1, 0.15) is 11.6 Å². The Morgan fingerprint density at radius 1 is 1.28 bits per heavy atom. The molecule has 2 heterocycles. The van der Waals surface area contributed by atoms with Crippen molar-refractivity contribution in [1.82, 2.24) is 9.97 Å². The molecule has 0 saturated heterocycles. The number of carbonyl (C=O) groups excluding carboxylic acids is 1. The van der Waals surface area contributed by atoms with Crippen molar-refractivity contribution in [2.75, 3.05) is 25.6 Å². The summed E-state index contributed by atoms with van der Waals surface area (Å²) in [5, 5.41) is 4.23. The summed E-state index contributed by atoms with van der Waals surface area (Å²) in [6.07, 6.45) is 4.70. The van der Waals surface area contributed by atoms with Crippen LogP contribution in [0.2, 0.25) is 0 Å². The SMILES string of the molecule is COC(=O)Cc1c[nH]c2ccc(OCCCNc3ccccn3)cc12. The summed E-state index contributed by atoms with van der Waals surface area (Å²) in [4.78, 5) is 18.9. The Balaban J connectivity index is 1.53. The first-order chi connectivity index (χ1) is 12.3. The highest BCUT2D eigenvalue weighted by Crippen LogP contribution is 2.24. The zero-order valence-corrected chi connectivity index (χ0v) is 14.1. The van der Waals surface area contributed by atoms with E-state index in [1.54, 1.807) is 6.20 Å². The first-order valence-electron chi connectivity index (χ1n) is 8.21. The van der Waals surface area contributed by atoms with Gasteiger partial charge in [-0.3, -0.25) is 4.79 Å². The molecule has 0 unspecified atom stereocenters. The minimum absolute atomic E-state index is 0.244. The molecule has 0 aliphatic rings. The highest BCUT2D eigenvalue weighted by molar-refractivity contribution is 5.88. The predicted molar refractivity (Wildman–Crippen MR) is 96.9 cm³/mol. The lowest BCUT2D eigenvalue weighted by Crippen LogP contribution is -2.08. The van der Waals surface area contributed by atoms with E-state index >= 15 is 0 Å². The number of benzene rings is 1. The largest absolute Gasteiger partial charge is 0.494 e. The molecule has 3 aromatic rings. The molecule has 0 atom stereocenters. The standard InChI is InChI=1S/C19H21N3O3/c1-24-19(23)11-14-13-22-17-7-6-15(12-16(14)17)25-10-4-9-21-18-5-2-3-8-20-18/h2-3,5-8,12-13,22H,4,9-11H2,1H3,(H,20,21). The molecular formula is C19H21N3O3. The normalized spacial score (nSPS) is 10.6. The number of H-pyrrole nitrogens is 1. The third-order valence-corrected chi connectivity index (χ3v) is 3.86. The van der Waals surface area contributed by atoms with Crippen LogP contribution in [-0.2, 0) is 16.0 Å². The lowest BCUT2D eigenvalue weighted by Gasteiger charge is -2.08. The van der Waals surface area contributed by atoms with Crippen molar-refractivity contribution in [3.63, 3.8) is 0 Å². The summed E-state index contributed by atoms with van der Waals surface area (Å²) in [6, 6.07) is 11.6. The fourth-order valence-electron chi connectivity index (χ4n) is 2.57. The number of nitrogens with zero attached hydrogens (tertiary/aromatic N) is 1. The number of methoxy groups -OCH3 is 1. The number of hydrogen-bond acceptors (Lipinski definition) is 5. The van der Waals surface area contributed by atoms with Crippen molar-refractivity contribution in [1.29, 1.82) is 0 Å². The highest BCUT2D eigenvalue weighted by Gasteiger charge is 2.09. The van der Waals surface area contributed by atoms with Crippen molar-refractivity contribution < 1.29 is 14.3 Å². The van der Waals surface area contributed by atoms with Crippen LogP contribution >= 0.6 is 0 Å². The van der Waals surface area contributed by atoms with Crippen LogP contribution in [0.3, 0.4) is 0 Å². The first kappa shape index (κ1) is 16.8. The van der Waals surface area contributed by atoms with Gasteiger partial charge in [0, 0.05) is 29.8 Å². The summed E-state index contributed by atoms with van der Waals surface area (Å²) in [5.74, 6) is 1.40. The summed E-state index contributed by atoms with van der Waals surface area (Å²) >= 11 is 0. The maximum absolute atomic E-state index is 11.5. The molecule has 0 spiro atoms. The van der Waals surface area contributed by atoms with Crippen LogP contribution in [0.15, 0.2) is 48.8 Å². The highest BCUT2D eigenvalue weighted by atomic mass is 16.5. The van der Waals surface area contributed by atoms with Gasteiger partial charge in [-0.1, -0.05) is 6.07 Å². The van der Waals surface area contributed by atoms with Crippen molar-refractivity contribution in [2.45, 2.75) is 12.8 Å². The van der Waals surface area contributed by atoms with Crippen molar-refractivity contribution in [2.24, 2.45) is 0 Å². The van der Waals surface area contributed by atoms with Gasteiger partial charge in [-0.25, -0.2) is 4.98 Å². The average molecular weight is 339 g/mol. The Labute approximate surface area is 146 Å². The van der Waals surface area contributed by atoms with Gasteiger partial charge in [0.05, 0.1) is 20.1 Å². The number of esters is 1. The summed E-state index contributed by atoms with van der Waals surface area (Å²) in [5.41, 5.74) is 1.88. The van der Waals surface area contributed by atoms with Crippen LogP contribution in [0.25, 0.3) is 10.9 Å². The Bertz CT molecular complexity index is 830. The first-order valence-corrected chi connectivity index (χ1v) is 8.21. The van der Waals surface area contributed by atoms with Crippen LogP contribution in [0.5, 0.6) is 5.75 Å². The lowest BCUT2D eigenvalue weighted by atomic mass is 10.1. The number of aromatic nitrogens is 2. The molecule has 0 amide bonds. The molecule has 130 valence electrons. The Morgan fingerprint density at radius 3 is 3.00 bits per heavy atom. The molecule has 6 heteroatoms. The molecule has 0 aliphatic heterocycles. The molecular weight excluding hydrogens is 318 g/mol. The third-order valence-electron chi connectivity index (χ3n) is 3.86. The number of pyridine rings is 1. The van der Waals surface area contributed by atoms with Gasteiger partial charge in [0.25, 0.3) is 0 Å². The minimum atomic E-state index is -0.257. The Hall–Kier alpha value is -3.02. The van der Waals surface area contributed by atoms with E-state index in [0.29, 0.717) is 6.61 Å². The average Bonchev–Trinajstić information content (AvgIpc) is 3.04. The summed E-state index contributed by atoms with van der Waals surface area (Å²) in [7, 11) is 1.39. The quantitative estimate of drug-likeness (QED) is 0.487. The molecule has 0 fully saturated rings. The second kappa shape index (κ2) is 8.19. The van der Waals surface area contributed by atoms with E-state index in [1.807, 2.05) is 42.6 Å². The number of nitrogens with one attached hydrogen (secondary N) is 2. The maximum Gasteiger partial charge on any atom is 0.310 e. The molecule has 2 N–H and O–H groups in total. The van der Waals surface area contributed by atoms with Crippen molar-refractivity contribution in [3.8, 4) is 5.75 Å². The molecule has 0 bridgehead atoms. The molecule has 6 nitrogen and oxygen atoms in total. The molecule has 2 aromatic heterocycles. The van der Waals surface area contributed by atoms with E-state index in [4.69, 9.17) is 9.47 Å². The second-order valence-corrected chi connectivity index (χ2v) is 5.62. The fourth-order valence-corrected chi connectivity index (χ4v) is 2.57. The molecule has 25 heavy (non-hydrogen) atoms. The zero-order chi connectivity index (χ0) is 17.5. The van der Waals surface area contributed by atoms with E-state index in [2.05, 4.69) is 15.3 Å². The topological polar surface area (TPSA) is 76.2 Å². The predicted octanol–water partition coefficient (Wildman–Crippen LogP) is 3.16. The number of rotatable bonds is 8. The monoisotopic (exact) mass is 339 g/mol. The van der Waals surface area contributed by atoms with Crippen LogP contribution < -0.4 is 10.1 Å². The van der Waals surface area contributed by atoms with E-state index in [1.165, 1.54) is 7.11 Å². The number of ether oxygens (including phenoxy) is 2. The van der Waals surface area contributed by atoms with E-state index in [0.717, 1.165) is 41.0 Å². The van der Waals surface area contributed by atoms with Gasteiger partial charge in [0.2, 0.25) is 0 Å². The lowest BCUT2D eigenvalue weighted by molar-refractivity contribution is -0.139. The van der Waals surface area contributed by atoms with Gasteiger partial charge in [-0.15, -0.1) is 0 Å². The summed E-state index contributed by atoms with van der Waals surface area (Å²) in [6.45, 7) is 1.39. The molecule has 0 aliphatic carbocycles. The van der Waals surface area contributed by atoms with Crippen LogP contribution in [0.4, 0.5) is 5.82 Å². The van der Waals surface area contributed by atoms with Gasteiger partial charge in [-0.2, -0.15) is 0 Å². The van der Waals surface area contributed by atoms with Gasteiger partial charge >= 0.3 is 5.97 Å². The Morgan fingerprint density at radius 2 is 2.20 bits per heavy atom. The van der Waals surface area contributed by atoms with Crippen LogP contribution in [0.1, 0.15) is 12.0 Å². The molecule has 0 saturated carbocycles. The van der Waals surface area contributed by atoms with Crippen LogP contribution in [-0.4, -0.2) is 36.2 Å². The van der Waals surface area contributed by atoms with Crippen molar-refractivity contribution in [3.05, 3.63) is 54.4 Å². The van der Waals surface area contributed by atoms with Gasteiger partial charge < -0.3 is 19.8 Å². The van der Waals surface area contributed by atoms with E-state index in [-0.39, 0.29) is 12.4 Å². The van der Waals surface area contributed by atoms with E-state index < -0.39 is 0 Å². The summed E-state index contributed by atoms with van der Waals surface area (Å²) < 4.78 is 10.6. The smallest absolute Gasteiger partial charge is 0.310 e. The Kier molecular flexibility index (Phi) is 5.51.